The van der Waals surface area contributed by atoms with E-state index in [2.05, 4.69) is 32.3 Å². The molecule has 1 aromatic heterocycles. The Morgan fingerprint density at radius 2 is 2.00 bits per heavy atom. The number of carbonyl (C=O) groups is 1. The molecule has 1 amide bonds. The van der Waals surface area contributed by atoms with Crippen molar-refractivity contribution in [2.75, 3.05) is 12.4 Å². The number of nitrogens with one attached hydrogen (secondary N) is 1. The van der Waals surface area contributed by atoms with Crippen LogP contribution < -0.4 is 14.8 Å². The van der Waals surface area contributed by atoms with Crippen LogP contribution in [-0.2, 0) is 11.4 Å². The van der Waals surface area contributed by atoms with E-state index < -0.39 is 5.91 Å². The molecular weight excluding hydrogens is 472 g/mol. The molecule has 3 aromatic rings. The van der Waals surface area contributed by atoms with Gasteiger partial charge in [0.15, 0.2) is 11.5 Å². The normalized spacial score (nSPS) is 10.6. The van der Waals surface area contributed by atoms with Crippen LogP contribution in [0.2, 0.25) is 0 Å². The first-order valence-electron chi connectivity index (χ1n) is 9.36. The van der Waals surface area contributed by atoms with Crippen molar-refractivity contribution in [1.82, 2.24) is 4.98 Å². The molecule has 0 fully saturated rings. The summed E-state index contributed by atoms with van der Waals surface area (Å²) >= 11 is 3.47. The lowest BCUT2D eigenvalue weighted by atomic mass is 10.1. The number of anilines is 1. The van der Waals surface area contributed by atoms with Gasteiger partial charge in [-0.2, -0.15) is 10.5 Å². The number of pyridine rings is 1. The Kier molecular flexibility index (Phi) is 7.58. The number of nitrogens with zero attached hydrogens (tertiary/aromatic N) is 3. The summed E-state index contributed by atoms with van der Waals surface area (Å²) in [6.07, 6.45) is 4.54. The van der Waals surface area contributed by atoms with Crippen molar-refractivity contribution < 1.29 is 14.3 Å². The van der Waals surface area contributed by atoms with Gasteiger partial charge in [0.05, 0.1) is 35.1 Å². The molecule has 3 rings (SSSR count). The molecule has 0 saturated heterocycles. The maximum atomic E-state index is 12.4. The standard InChI is InChI=1S/C24H17BrN4O3/c1-31-22-11-18(9-19(13-27)24(30)29-20-3-2-8-28-14-20)10-21(25)23(22)32-15-17-6-4-16(12-26)5-7-17/h2-11,14H,15H2,1H3,(H,29,30)/b19-9+. The molecule has 1 N–H and O–H groups in total. The van der Waals surface area contributed by atoms with Crippen LogP contribution in [0.15, 0.2) is 71.0 Å². The van der Waals surface area contributed by atoms with E-state index in [1.54, 1.807) is 42.6 Å². The molecule has 0 atom stereocenters. The largest absolute Gasteiger partial charge is 0.493 e. The highest BCUT2D eigenvalue weighted by atomic mass is 79.9. The molecule has 0 bridgehead atoms. The number of amides is 1. The molecular formula is C24H17BrN4O3. The average Bonchev–Trinajstić information content (AvgIpc) is 2.82. The first-order valence-corrected chi connectivity index (χ1v) is 10.2. The van der Waals surface area contributed by atoms with Gasteiger partial charge in [-0.25, -0.2) is 0 Å². The number of rotatable bonds is 7. The number of nitriles is 2. The quantitative estimate of drug-likeness (QED) is 0.376. The molecule has 7 nitrogen and oxygen atoms in total. The van der Waals surface area contributed by atoms with Crippen molar-refractivity contribution in [2.24, 2.45) is 0 Å². The summed E-state index contributed by atoms with van der Waals surface area (Å²) in [5, 5.41) is 21.0. The number of methoxy groups -OCH3 is 1. The highest BCUT2D eigenvalue weighted by Gasteiger charge is 2.14. The number of benzene rings is 2. The Morgan fingerprint density at radius 3 is 2.62 bits per heavy atom. The molecule has 0 unspecified atom stereocenters. The summed E-state index contributed by atoms with van der Waals surface area (Å²) in [6, 6.07) is 17.8. The van der Waals surface area contributed by atoms with Gasteiger partial charge in [-0.05, 0) is 69.5 Å². The van der Waals surface area contributed by atoms with Crippen LogP contribution in [0, 0.1) is 22.7 Å². The molecule has 158 valence electrons. The van der Waals surface area contributed by atoms with Gasteiger partial charge < -0.3 is 14.8 Å². The van der Waals surface area contributed by atoms with Crippen molar-refractivity contribution >= 4 is 33.6 Å². The molecule has 0 aliphatic carbocycles. The molecule has 0 aliphatic heterocycles. The molecule has 32 heavy (non-hydrogen) atoms. The fraction of sp³-hybridized carbons (Fsp3) is 0.0833. The zero-order chi connectivity index (χ0) is 22.9. The predicted molar refractivity (Wildman–Crippen MR) is 123 cm³/mol. The SMILES string of the molecule is COc1cc(/C=C(\C#N)C(=O)Nc2cccnc2)cc(Br)c1OCc1ccc(C#N)cc1. The van der Waals surface area contributed by atoms with Gasteiger partial charge in [0, 0.05) is 6.20 Å². The second-order valence-electron chi connectivity index (χ2n) is 6.50. The van der Waals surface area contributed by atoms with Crippen LogP contribution in [0.4, 0.5) is 5.69 Å². The van der Waals surface area contributed by atoms with Gasteiger partial charge in [0.2, 0.25) is 0 Å². The third-order valence-electron chi connectivity index (χ3n) is 4.31. The van der Waals surface area contributed by atoms with Gasteiger partial charge in [0.25, 0.3) is 5.91 Å². The Labute approximate surface area is 193 Å². The number of ether oxygens (including phenoxy) is 2. The fourth-order valence-electron chi connectivity index (χ4n) is 2.74. The van der Waals surface area contributed by atoms with E-state index in [4.69, 9.17) is 14.7 Å². The Bertz CT molecular complexity index is 1230. The van der Waals surface area contributed by atoms with Crippen LogP contribution in [0.5, 0.6) is 11.5 Å². The van der Waals surface area contributed by atoms with Crippen molar-refractivity contribution in [2.45, 2.75) is 6.61 Å². The minimum atomic E-state index is -0.545. The van der Waals surface area contributed by atoms with Gasteiger partial charge in [-0.3, -0.25) is 9.78 Å². The van der Waals surface area contributed by atoms with Gasteiger partial charge in [0.1, 0.15) is 18.2 Å². The van der Waals surface area contributed by atoms with E-state index in [9.17, 15) is 10.1 Å². The maximum absolute atomic E-state index is 12.4. The lowest BCUT2D eigenvalue weighted by molar-refractivity contribution is -0.112. The Hall–Kier alpha value is -4.14. The predicted octanol–water partition coefficient (Wildman–Crippen LogP) is 4.85. The van der Waals surface area contributed by atoms with Crippen molar-refractivity contribution in [1.29, 1.82) is 10.5 Å². The molecule has 1 heterocycles. The second kappa shape index (κ2) is 10.8. The van der Waals surface area contributed by atoms with Crippen molar-refractivity contribution in [3.05, 3.63) is 87.7 Å². The van der Waals surface area contributed by atoms with Gasteiger partial charge >= 0.3 is 0 Å². The summed E-state index contributed by atoms with van der Waals surface area (Å²) in [6.45, 7) is 0.271. The minimum Gasteiger partial charge on any atom is -0.493 e. The lowest BCUT2D eigenvalue weighted by Gasteiger charge is -2.14. The summed E-state index contributed by atoms with van der Waals surface area (Å²) < 4.78 is 11.9. The highest BCUT2D eigenvalue weighted by molar-refractivity contribution is 9.10. The van der Waals surface area contributed by atoms with Crippen LogP contribution in [0.25, 0.3) is 6.08 Å². The lowest BCUT2D eigenvalue weighted by Crippen LogP contribution is -2.13. The molecule has 0 spiro atoms. The molecule has 8 heteroatoms. The van der Waals surface area contributed by atoms with Gasteiger partial charge in [-0.1, -0.05) is 12.1 Å². The smallest absolute Gasteiger partial charge is 0.266 e. The van der Waals surface area contributed by atoms with Gasteiger partial charge in [-0.15, -0.1) is 0 Å². The second-order valence-corrected chi connectivity index (χ2v) is 7.35. The van der Waals surface area contributed by atoms with Crippen LogP contribution >= 0.6 is 15.9 Å². The van der Waals surface area contributed by atoms with Crippen molar-refractivity contribution in [3.8, 4) is 23.6 Å². The van der Waals surface area contributed by atoms with E-state index in [0.717, 1.165) is 5.56 Å². The van der Waals surface area contributed by atoms with Crippen LogP contribution in [-0.4, -0.2) is 18.0 Å². The van der Waals surface area contributed by atoms with E-state index in [0.29, 0.717) is 32.8 Å². The maximum Gasteiger partial charge on any atom is 0.266 e. The number of hydrogen-bond acceptors (Lipinski definition) is 6. The van der Waals surface area contributed by atoms with Crippen LogP contribution in [0.1, 0.15) is 16.7 Å². The molecule has 2 aromatic carbocycles. The first kappa shape index (κ1) is 22.5. The monoisotopic (exact) mass is 488 g/mol. The van der Waals surface area contributed by atoms with E-state index in [1.807, 2.05) is 18.2 Å². The summed E-state index contributed by atoms with van der Waals surface area (Å²) in [5.74, 6) is 0.369. The summed E-state index contributed by atoms with van der Waals surface area (Å²) in [5.41, 5.74) is 2.46. The average molecular weight is 489 g/mol. The number of halogens is 1. The first-order chi connectivity index (χ1) is 15.5. The zero-order valence-electron chi connectivity index (χ0n) is 17.0. The van der Waals surface area contributed by atoms with Crippen LogP contribution in [0.3, 0.4) is 0 Å². The third-order valence-corrected chi connectivity index (χ3v) is 4.90. The zero-order valence-corrected chi connectivity index (χ0v) is 18.6. The van der Waals surface area contributed by atoms with Crippen molar-refractivity contribution in [3.63, 3.8) is 0 Å². The topological polar surface area (TPSA) is 108 Å². The third kappa shape index (κ3) is 5.72. The van der Waals surface area contributed by atoms with E-state index in [1.165, 1.54) is 19.4 Å². The Balaban J connectivity index is 1.80. The van der Waals surface area contributed by atoms with E-state index in [-0.39, 0.29) is 12.2 Å². The number of carbonyl (C=O) groups excluding carboxylic acids is 1. The number of aromatic nitrogens is 1. The Morgan fingerprint density at radius 1 is 1.22 bits per heavy atom. The minimum absolute atomic E-state index is 0.0749. The van der Waals surface area contributed by atoms with E-state index >= 15 is 0 Å². The molecule has 0 aliphatic rings. The molecule has 0 saturated carbocycles. The number of hydrogen-bond donors (Lipinski definition) is 1. The summed E-state index contributed by atoms with van der Waals surface area (Å²) in [4.78, 5) is 16.4. The molecule has 0 radical (unpaired) electrons. The fourth-order valence-corrected chi connectivity index (χ4v) is 3.32. The highest BCUT2D eigenvalue weighted by Crippen LogP contribution is 2.37. The summed E-state index contributed by atoms with van der Waals surface area (Å²) in [7, 11) is 1.50.